The summed E-state index contributed by atoms with van der Waals surface area (Å²) >= 11 is 0. The number of benzene rings is 1. The van der Waals surface area contributed by atoms with Gasteiger partial charge in [-0.2, -0.15) is 0 Å². The van der Waals surface area contributed by atoms with E-state index in [0.717, 1.165) is 31.0 Å². The van der Waals surface area contributed by atoms with Crippen molar-refractivity contribution in [3.63, 3.8) is 0 Å². The highest BCUT2D eigenvalue weighted by Gasteiger charge is 2.20. The molecule has 0 unspecified atom stereocenters. The van der Waals surface area contributed by atoms with Crippen LogP contribution < -0.4 is 9.47 Å². The summed E-state index contributed by atoms with van der Waals surface area (Å²) in [5.74, 6) is 0.831. The first kappa shape index (κ1) is 15.6. The minimum absolute atomic E-state index is 0.185. The number of hydrogen-bond donors (Lipinski definition) is 1. The van der Waals surface area contributed by atoms with Gasteiger partial charge < -0.3 is 14.6 Å². The van der Waals surface area contributed by atoms with Gasteiger partial charge in [-0.15, -0.1) is 0 Å². The van der Waals surface area contributed by atoms with Crippen molar-refractivity contribution in [1.82, 2.24) is 4.90 Å². The van der Waals surface area contributed by atoms with Crippen molar-refractivity contribution in [2.45, 2.75) is 33.2 Å². The molecule has 5 heteroatoms. The highest BCUT2D eigenvalue weighted by Crippen LogP contribution is 2.33. The first-order valence-electron chi connectivity index (χ1n) is 7.49. The lowest BCUT2D eigenvalue weighted by molar-refractivity contribution is -0.137. The van der Waals surface area contributed by atoms with Gasteiger partial charge in [0.2, 0.25) is 0 Å². The molecule has 1 heterocycles. The zero-order chi connectivity index (χ0) is 15.2. The van der Waals surface area contributed by atoms with Crippen molar-refractivity contribution in [3.8, 4) is 11.5 Å². The van der Waals surface area contributed by atoms with Crippen LogP contribution in [0.25, 0.3) is 0 Å². The van der Waals surface area contributed by atoms with E-state index >= 15 is 0 Å². The van der Waals surface area contributed by atoms with Gasteiger partial charge in [-0.05, 0) is 43.5 Å². The Kier molecular flexibility index (Phi) is 5.44. The number of hydrogen-bond acceptors (Lipinski definition) is 4. The zero-order valence-corrected chi connectivity index (χ0v) is 12.7. The van der Waals surface area contributed by atoms with E-state index in [-0.39, 0.29) is 6.42 Å². The molecule has 0 aliphatic carbocycles. The normalized spacial score (nSPS) is 14.6. The van der Waals surface area contributed by atoms with E-state index in [1.165, 1.54) is 11.1 Å². The van der Waals surface area contributed by atoms with E-state index in [0.29, 0.717) is 19.8 Å². The highest BCUT2D eigenvalue weighted by molar-refractivity contribution is 5.66. The molecule has 0 spiro atoms. The average Bonchev–Trinajstić information content (AvgIpc) is 2.46. The van der Waals surface area contributed by atoms with Gasteiger partial charge in [0.25, 0.3) is 0 Å². The number of carbonyl (C=O) groups is 1. The van der Waals surface area contributed by atoms with Crippen LogP contribution in [0.15, 0.2) is 12.1 Å². The van der Waals surface area contributed by atoms with Crippen LogP contribution >= 0.6 is 0 Å². The molecule has 1 aliphatic rings. The van der Waals surface area contributed by atoms with Crippen molar-refractivity contribution in [3.05, 3.63) is 23.3 Å². The average molecular weight is 293 g/mol. The van der Waals surface area contributed by atoms with E-state index in [2.05, 4.69) is 11.0 Å². The van der Waals surface area contributed by atoms with E-state index in [9.17, 15) is 4.79 Å². The number of carboxylic acid groups (broad SMARTS) is 1. The summed E-state index contributed by atoms with van der Waals surface area (Å²) in [6.45, 7) is 7.38. The van der Waals surface area contributed by atoms with Crippen LogP contribution in [0.3, 0.4) is 0 Å². The number of nitrogens with zero attached hydrogens (tertiary/aromatic N) is 1. The Morgan fingerprint density at radius 3 is 2.38 bits per heavy atom. The third-order valence-corrected chi connectivity index (χ3v) is 3.60. The lowest BCUT2D eigenvalue weighted by Gasteiger charge is -2.29. The van der Waals surface area contributed by atoms with Gasteiger partial charge in [-0.25, -0.2) is 0 Å². The Balaban J connectivity index is 2.14. The van der Waals surface area contributed by atoms with Crippen LogP contribution in [0, 0.1) is 0 Å². The van der Waals surface area contributed by atoms with Crippen molar-refractivity contribution in [2.24, 2.45) is 0 Å². The van der Waals surface area contributed by atoms with Gasteiger partial charge >= 0.3 is 5.97 Å². The van der Waals surface area contributed by atoms with Crippen LogP contribution in [-0.2, 0) is 17.8 Å². The van der Waals surface area contributed by atoms with Crippen LogP contribution in [0.2, 0.25) is 0 Å². The molecule has 0 atom stereocenters. The van der Waals surface area contributed by atoms with Gasteiger partial charge in [-0.1, -0.05) is 0 Å². The summed E-state index contributed by atoms with van der Waals surface area (Å²) in [5, 5.41) is 8.79. The molecule has 0 bridgehead atoms. The minimum atomic E-state index is -0.748. The fourth-order valence-electron chi connectivity index (χ4n) is 2.60. The van der Waals surface area contributed by atoms with E-state index in [1.807, 2.05) is 19.9 Å². The molecule has 21 heavy (non-hydrogen) atoms. The van der Waals surface area contributed by atoms with Gasteiger partial charge in [0.05, 0.1) is 19.6 Å². The second-order valence-electron chi connectivity index (χ2n) is 5.10. The smallest absolute Gasteiger partial charge is 0.304 e. The number of ether oxygens (including phenoxy) is 2. The van der Waals surface area contributed by atoms with Crippen LogP contribution in [-0.4, -0.2) is 42.3 Å². The molecule has 0 fully saturated rings. The summed E-state index contributed by atoms with van der Waals surface area (Å²) in [7, 11) is 0. The second-order valence-corrected chi connectivity index (χ2v) is 5.10. The van der Waals surface area contributed by atoms with Gasteiger partial charge in [-0.3, -0.25) is 9.69 Å². The Bertz CT molecular complexity index is 501. The molecule has 1 aliphatic heterocycles. The maximum Gasteiger partial charge on any atom is 0.304 e. The molecule has 0 amide bonds. The van der Waals surface area contributed by atoms with Crippen molar-refractivity contribution in [2.75, 3.05) is 26.3 Å². The van der Waals surface area contributed by atoms with Gasteiger partial charge in [0, 0.05) is 19.6 Å². The Labute approximate surface area is 125 Å². The summed E-state index contributed by atoms with van der Waals surface area (Å²) in [4.78, 5) is 12.9. The molecule has 1 aromatic carbocycles. The molecule has 1 N–H and O–H groups in total. The Hall–Kier alpha value is -1.75. The van der Waals surface area contributed by atoms with Gasteiger partial charge in [0.1, 0.15) is 0 Å². The lowest BCUT2D eigenvalue weighted by Crippen LogP contribution is -2.32. The summed E-state index contributed by atoms with van der Waals surface area (Å²) in [5.41, 5.74) is 2.48. The predicted molar refractivity (Wildman–Crippen MR) is 80.0 cm³/mol. The zero-order valence-electron chi connectivity index (χ0n) is 12.7. The SMILES string of the molecule is CCOc1cc2c(cc1OCC)CN(CCC(=O)O)CC2. The fraction of sp³-hybridized carbons (Fsp3) is 0.562. The van der Waals surface area contributed by atoms with Crippen molar-refractivity contribution in [1.29, 1.82) is 0 Å². The molecular weight excluding hydrogens is 270 g/mol. The third-order valence-electron chi connectivity index (χ3n) is 3.60. The second kappa shape index (κ2) is 7.31. The van der Waals surface area contributed by atoms with Crippen LogP contribution in [0.4, 0.5) is 0 Å². The van der Waals surface area contributed by atoms with E-state index in [4.69, 9.17) is 14.6 Å². The summed E-state index contributed by atoms with van der Waals surface area (Å²) in [6, 6.07) is 4.11. The van der Waals surface area contributed by atoms with E-state index in [1.54, 1.807) is 0 Å². The number of aliphatic carboxylic acids is 1. The minimum Gasteiger partial charge on any atom is -0.490 e. The molecular formula is C16H23NO4. The van der Waals surface area contributed by atoms with E-state index < -0.39 is 5.97 Å². The van der Waals surface area contributed by atoms with Crippen molar-refractivity contribution < 1.29 is 19.4 Å². The monoisotopic (exact) mass is 293 g/mol. The molecule has 116 valence electrons. The summed E-state index contributed by atoms with van der Waals surface area (Å²) < 4.78 is 11.3. The van der Waals surface area contributed by atoms with Crippen LogP contribution in [0.5, 0.6) is 11.5 Å². The maximum absolute atomic E-state index is 10.7. The first-order chi connectivity index (χ1) is 10.1. The number of carboxylic acids is 1. The maximum atomic E-state index is 10.7. The quantitative estimate of drug-likeness (QED) is 0.836. The summed E-state index contributed by atoms with van der Waals surface area (Å²) in [6.07, 6.45) is 1.10. The van der Waals surface area contributed by atoms with Crippen LogP contribution in [0.1, 0.15) is 31.4 Å². The molecule has 0 saturated heterocycles. The predicted octanol–water partition coefficient (Wildman–Crippen LogP) is 2.32. The lowest BCUT2D eigenvalue weighted by atomic mass is 9.98. The third kappa shape index (κ3) is 4.11. The number of fused-ring (bicyclic) bond motifs is 1. The Morgan fingerprint density at radius 2 is 1.81 bits per heavy atom. The molecule has 1 aromatic rings. The topological polar surface area (TPSA) is 59.0 Å². The fourth-order valence-corrected chi connectivity index (χ4v) is 2.60. The Morgan fingerprint density at radius 1 is 1.19 bits per heavy atom. The van der Waals surface area contributed by atoms with Gasteiger partial charge in [0.15, 0.2) is 11.5 Å². The molecule has 5 nitrogen and oxygen atoms in total. The highest BCUT2D eigenvalue weighted by atomic mass is 16.5. The molecule has 0 radical (unpaired) electrons. The van der Waals surface area contributed by atoms with Crippen molar-refractivity contribution >= 4 is 5.97 Å². The molecule has 0 saturated carbocycles. The largest absolute Gasteiger partial charge is 0.490 e. The standard InChI is InChI=1S/C16H23NO4/c1-3-20-14-9-12-5-7-17(8-6-16(18)19)11-13(12)10-15(14)21-4-2/h9-10H,3-8,11H2,1-2H3,(H,18,19). The number of rotatable bonds is 7. The molecule has 0 aromatic heterocycles. The first-order valence-corrected chi connectivity index (χ1v) is 7.49. The molecule has 2 rings (SSSR count).